The number of carbonyl (C=O) groups is 2. The molecule has 2 amide bonds. The van der Waals surface area contributed by atoms with E-state index in [1.54, 1.807) is 17.0 Å². The Hall–Kier alpha value is -2.57. The van der Waals surface area contributed by atoms with Crippen LogP contribution in [0.15, 0.2) is 23.2 Å². The van der Waals surface area contributed by atoms with Gasteiger partial charge in [0, 0.05) is 43.9 Å². The van der Waals surface area contributed by atoms with E-state index in [2.05, 4.69) is 10.3 Å². The zero-order chi connectivity index (χ0) is 19.4. The van der Waals surface area contributed by atoms with E-state index < -0.39 is 5.97 Å². The average Bonchev–Trinajstić information content (AvgIpc) is 2.63. The number of fused-ring (bicyclic) bond motifs is 1. The lowest BCUT2D eigenvalue weighted by molar-refractivity contribution is -0.138. The van der Waals surface area contributed by atoms with Crippen LogP contribution in [0, 0.1) is 11.8 Å². The van der Waals surface area contributed by atoms with Gasteiger partial charge in [-0.3, -0.25) is 9.79 Å². The second-order valence-corrected chi connectivity index (χ2v) is 7.31. The summed E-state index contributed by atoms with van der Waals surface area (Å²) in [5.41, 5.74) is 3.01. The van der Waals surface area contributed by atoms with E-state index in [0.717, 1.165) is 23.3 Å². The van der Waals surface area contributed by atoms with Crippen molar-refractivity contribution in [3.05, 3.63) is 29.3 Å². The Morgan fingerprint density at radius 3 is 2.89 bits per heavy atom. The Labute approximate surface area is 159 Å². The highest BCUT2D eigenvalue weighted by Gasteiger charge is 2.34. The van der Waals surface area contributed by atoms with Crippen molar-refractivity contribution in [1.29, 1.82) is 0 Å². The second-order valence-electron chi connectivity index (χ2n) is 7.31. The van der Waals surface area contributed by atoms with E-state index in [4.69, 9.17) is 0 Å². The zero-order valence-corrected chi connectivity index (χ0v) is 15.6. The van der Waals surface area contributed by atoms with Gasteiger partial charge < -0.3 is 20.4 Å². The molecule has 0 saturated carbocycles. The molecule has 0 radical (unpaired) electrons. The monoisotopic (exact) mass is 373 g/mol. The molecule has 2 heterocycles. The molecule has 27 heavy (non-hydrogen) atoms. The van der Waals surface area contributed by atoms with Gasteiger partial charge in [-0.15, -0.1) is 0 Å². The van der Waals surface area contributed by atoms with Crippen LogP contribution in [0.25, 0.3) is 0 Å². The number of aliphatic carboxylic acids is 1. The molecule has 1 fully saturated rings. The Kier molecular flexibility index (Phi) is 5.98. The number of nitrogens with zero attached hydrogens (tertiary/aromatic N) is 2. The number of urea groups is 1. The van der Waals surface area contributed by atoms with E-state index in [1.165, 1.54) is 0 Å². The topological polar surface area (TPSA) is 102 Å². The van der Waals surface area contributed by atoms with Gasteiger partial charge in [-0.05, 0) is 55.7 Å². The molecule has 146 valence electrons. The molecular formula is C20H27N3O4. The van der Waals surface area contributed by atoms with Crippen molar-refractivity contribution in [3.8, 4) is 5.75 Å². The lowest BCUT2D eigenvalue weighted by Crippen LogP contribution is -2.48. The summed E-state index contributed by atoms with van der Waals surface area (Å²) >= 11 is 0. The van der Waals surface area contributed by atoms with Crippen molar-refractivity contribution in [1.82, 2.24) is 10.2 Å². The fourth-order valence-electron chi connectivity index (χ4n) is 4.12. The third-order valence-electron chi connectivity index (χ3n) is 5.49. The van der Waals surface area contributed by atoms with Gasteiger partial charge in [0.25, 0.3) is 0 Å². The van der Waals surface area contributed by atoms with Crippen LogP contribution >= 0.6 is 0 Å². The number of amides is 2. The van der Waals surface area contributed by atoms with Crippen LogP contribution in [0.4, 0.5) is 4.79 Å². The van der Waals surface area contributed by atoms with Crippen LogP contribution in [0.5, 0.6) is 5.75 Å². The summed E-state index contributed by atoms with van der Waals surface area (Å²) in [4.78, 5) is 30.0. The number of carbonyl (C=O) groups excluding carboxylic acids is 1. The van der Waals surface area contributed by atoms with E-state index in [-0.39, 0.29) is 30.0 Å². The normalized spacial score (nSPS) is 22.0. The van der Waals surface area contributed by atoms with Gasteiger partial charge in [0.1, 0.15) is 5.75 Å². The van der Waals surface area contributed by atoms with Crippen LogP contribution in [-0.4, -0.2) is 59.0 Å². The van der Waals surface area contributed by atoms with E-state index in [0.29, 0.717) is 39.0 Å². The van der Waals surface area contributed by atoms with Gasteiger partial charge in [-0.25, -0.2) is 4.79 Å². The Morgan fingerprint density at radius 2 is 2.15 bits per heavy atom. The van der Waals surface area contributed by atoms with Gasteiger partial charge >= 0.3 is 12.0 Å². The molecule has 7 nitrogen and oxygen atoms in total. The lowest BCUT2D eigenvalue weighted by atomic mass is 9.78. The maximum atomic E-state index is 12.2. The number of hydrogen-bond acceptors (Lipinski definition) is 4. The predicted octanol–water partition coefficient (Wildman–Crippen LogP) is 2.27. The Morgan fingerprint density at radius 1 is 1.33 bits per heavy atom. The van der Waals surface area contributed by atoms with Crippen molar-refractivity contribution >= 4 is 17.7 Å². The van der Waals surface area contributed by atoms with Gasteiger partial charge in [0.05, 0.1) is 0 Å². The maximum Gasteiger partial charge on any atom is 0.317 e. The number of carboxylic acids is 1. The van der Waals surface area contributed by atoms with Gasteiger partial charge in [-0.1, -0.05) is 6.07 Å². The summed E-state index contributed by atoms with van der Waals surface area (Å²) in [6.07, 6.45) is 2.24. The second kappa shape index (κ2) is 8.41. The number of carboxylic acid groups (broad SMARTS) is 1. The summed E-state index contributed by atoms with van der Waals surface area (Å²) in [6, 6.07) is 5.26. The summed E-state index contributed by atoms with van der Waals surface area (Å²) in [5.74, 6) is -0.554. The summed E-state index contributed by atoms with van der Waals surface area (Å²) in [7, 11) is 0. The van der Waals surface area contributed by atoms with Crippen molar-refractivity contribution in [2.75, 3.05) is 26.2 Å². The van der Waals surface area contributed by atoms with E-state index in [1.807, 2.05) is 13.0 Å². The highest BCUT2D eigenvalue weighted by atomic mass is 16.4. The Bertz CT molecular complexity index is 747. The molecular weight excluding hydrogens is 346 g/mol. The molecule has 1 aromatic carbocycles. The fourth-order valence-corrected chi connectivity index (χ4v) is 4.12. The minimum absolute atomic E-state index is 0.0126. The molecule has 3 N–H and O–H groups in total. The SMILES string of the molecule is CCNC(=O)N1CC[C@@H](CC(=O)O)[C@@H](CC2=NCCc3ccc(O)cc32)C1. The largest absolute Gasteiger partial charge is 0.508 e. The highest BCUT2D eigenvalue weighted by Crippen LogP contribution is 2.32. The number of rotatable bonds is 5. The van der Waals surface area contributed by atoms with Crippen LogP contribution in [0.3, 0.4) is 0 Å². The molecule has 0 unspecified atom stereocenters. The molecule has 3 rings (SSSR count). The van der Waals surface area contributed by atoms with Crippen molar-refractivity contribution in [3.63, 3.8) is 0 Å². The van der Waals surface area contributed by atoms with Gasteiger partial charge in [0.15, 0.2) is 0 Å². The molecule has 1 aromatic rings. The smallest absolute Gasteiger partial charge is 0.317 e. The van der Waals surface area contributed by atoms with E-state index in [9.17, 15) is 19.8 Å². The lowest BCUT2D eigenvalue weighted by Gasteiger charge is -2.38. The number of aromatic hydroxyl groups is 1. The molecule has 0 bridgehead atoms. The number of benzene rings is 1. The molecule has 2 aliphatic heterocycles. The van der Waals surface area contributed by atoms with Crippen molar-refractivity contribution < 1.29 is 19.8 Å². The van der Waals surface area contributed by atoms with Crippen LogP contribution < -0.4 is 5.32 Å². The van der Waals surface area contributed by atoms with Gasteiger partial charge in [0.2, 0.25) is 0 Å². The zero-order valence-electron chi connectivity index (χ0n) is 15.6. The first-order valence-corrected chi connectivity index (χ1v) is 9.58. The summed E-state index contributed by atoms with van der Waals surface area (Å²) < 4.78 is 0. The average molecular weight is 373 g/mol. The Balaban J connectivity index is 1.80. The molecule has 2 aliphatic rings. The van der Waals surface area contributed by atoms with E-state index >= 15 is 0 Å². The first-order chi connectivity index (χ1) is 13.0. The highest BCUT2D eigenvalue weighted by molar-refractivity contribution is 6.03. The van der Waals surface area contributed by atoms with Crippen LogP contribution in [0.2, 0.25) is 0 Å². The molecule has 7 heteroatoms. The minimum atomic E-state index is -0.805. The van der Waals surface area contributed by atoms with Gasteiger partial charge in [-0.2, -0.15) is 0 Å². The third kappa shape index (κ3) is 4.59. The third-order valence-corrected chi connectivity index (χ3v) is 5.49. The quantitative estimate of drug-likeness (QED) is 0.737. The van der Waals surface area contributed by atoms with Crippen LogP contribution in [0.1, 0.15) is 37.3 Å². The number of piperidine rings is 1. The summed E-state index contributed by atoms with van der Waals surface area (Å²) in [5, 5.41) is 22.0. The first kappa shape index (κ1) is 19.2. The van der Waals surface area contributed by atoms with Crippen molar-refractivity contribution in [2.24, 2.45) is 16.8 Å². The van der Waals surface area contributed by atoms with Crippen molar-refractivity contribution in [2.45, 2.75) is 32.6 Å². The number of aliphatic imine (C=N–C) groups is 1. The molecule has 0 spiro atoms. The maximum absolute atomic E-state index is 12.2. The fraction of sp³-hybridized carbons (Fsp3) is 0.550. The molecule has 0 aromatic heterocycles. The molecule has 0 aliphatic carbocycles. The summed E-state index contributed by atoms with van der Waals surface area (Å²) in [6.45, 7) is 4.25. The number of hydrogen-bond donors (Lipinski definition) is 3. The minimum Gasteiger partial charge on any atom is -0.508 e. The number of phenolic OH excluding ortho intramolecular Hbond substituents is 1. The number of likely N-dealkylation sites (tertiary alicyclic amines) is 1. The molecule has 2 atom stereocenters. The standard InChI is InChI=1S/C20H27N3O4/c1-2-21-20(27)23-8-6-14(10-19(25)26)15(12-23)9-18-17-11-16(24)4-3-13(17)5-7-22-18/h3-4,11,14-15,24H,2,5-10,12H2,1H3,(H,21,27)(H,25,26)/t14-,15-/m0/s1. The molecule has 1 saturated heterocycles. The predicted molar refractivity (Wildman–Crippen MR) is 102 cm³/mol. The van der Waals surface area contributed by atoms with Crippen LogP contribution in [-0.2, 0) is 11.2 Å². The number of phenols is 1. The number of nitrogens with one attached hydrogen (secondary N) is 1. The first-order valence-electron chi connectivity index (χ1n) is 9.58.